The number of rotatable bonds is 7. The molecule has 1 aliphatic carbocycles. The maximum atomic E-state index is 13.2. The van der Waals surface area contributed by atoms with Gasteiger partial charge in [-0.2, -0.15) is 5.10 Å². The Labute approximate surface area is 177 Å². The van der Waals surface area contributed by atoms with Gasteiger partial charge in [0.15, 0.2) is 5.65 Å². The van der Waals surface area contributed by atoms with E-state index in [9.17, 15) is 4.79 Å². The molecule has 1 N–H and O–H groups in total. The van der Waals surface area contributed by atoms with Crippen LogP contribution in [0, 0.1) is 0 Å². The van der Waals surface area contributed by atoms with Crippen molar-refractivity contribution in [2.75, 3.05) is 18.0 Å². The zero-order chi connectivity index (χ0) is 20.5. The molecule has 0 bridgehead atoms. The van der Waals surface area contributed by atoms with Crippen LogP contribution in [-0.4, -0.2) is 33.8 Å². The van der Waals surface area contributed by atoms with Crippen LogP contribution in [0.3, 0.4) is 0 Å². The molecule has 3 aromatic rings. The van der Waals surface area contributed by atoms with Crippen LogP contribution >= 0.6 is 0 Å². The molecule has 1 aromatic carbocycles. The number of carbonyl (C=O) groups excluding carboxylic acids is 1. The molecule has 1 saturated carbocycles. The Morgan fingerprint density at radius 1 is 1.20 bits per heavy atom. The minimum absolute atomic E-state index is 0.0448. The summed E-state index contributed by atoms with van der Waals surface area (Å²) in [5, 5.41) is 8.52. The van der Waals surface area contributed by atoms with Gasteiger partial charge in [-0.1, -0.05) is 25.1 Å². The number of hydrogen-bond acceptors (Lipinski definition) is 4. The fourth-order valence-electron chi connectivity index (χ4n) is 4.42. The molecule has 30 heavy (non-hydrogen) atoms. The first-order valence-electron chi connectivity index (χ1n) is 11.2. The number of pyridine rings is 1. The molecule has 156 valence electrons. The third-order valence-electron chi connectivity index (χ3n) is 6.18. The van der Waals surface area contributed by atoms with Crippen molar-refractivity contribution >= 4 is 22.6 Å². The van der Waals surface area contributed by atoms with Gasteiger partial charge < -0.3 is 10.2 Å². The highest BCUT2D eigenvalue weighted by Gasteiger charge is 2.28. The fourth-order valence-corrected chi connectivity index (χ4v) is 4.42. The first-order valence-corrected chi connectivity index (χ1v) is 11.2. The van der Waals surface area contributed by atoms with Gasteiger partial charge in [-0.25, -0.2) is 9.67 Å². The predicted octanol–water partition coefficient (Wildman–Crippen LogP) is 4.25. The van der Waals surface area contributed by atoms with E-state index in [1.165, 1.54) is 24.1 Å². The molecule has 5 rings (SSSR count). The average molecular weight is 404 g/mol. The van der Waals surface area contributed by atoms with E-state index in [1.54, 1.807) is 6.20 Å². The highest BCUT2D eigenvalue weighted by Crippen LogP contribution is 2.40. The van der Waals surface area contributed by atoms with E-state index >= 15 is 0 Å². The number of fused-ring (bicyclic) bond motifs is 1. The van der Waals surface area contributed by atoms with Crippen LogP contribution in [0.2, 0.25) is 0 Å². The molecule has 6 heteroatoms. The van der Waals surface area contributed by atoms with Crippen LogP contribution < -0.4 is 10.2 Å². The summed E-state index contributed by atoms with van der Waals surface area (Å²) < 4.78 is 1.93. The van der Waals surface area contributed by atoms with E-state index in [-0.39, 0.29) is 5.91 Å². The van der Waals surface area contributed by atoms with Crippen molar-refractivity contribution in [2.24, 2.45) is 0 Å². The summed E-state index contributed by atoms with van der Waals surface area (Å²) in [5.74, 6) is 0.443. The highest BCUT2D eigenvalue weighted by molar-refractivity contribution is 6.05. The molecule has 2 aromatic heterocycles. The molecule has 0 radical (unpaired) electrons. The average Bonchev–Trinajstić information content (AvgIpc) is 3.33. The second-order valence-corrected chi connectivity index (χ2v) is 8.48. The number of nitrogens with one attached hydrogen (secondary N) is 1. The molecular weight excluding hydrogens is 374 g/mol. The number of aryl methyl sites for hydroxylation is 1. The van der Waals surface area contributed by atoms with Gasteiger partial charge in [0.25, 0.3) is 5.91 Å². The maximum absolute atomic E-state index is 13.2. The molecule has 1 saturated heterocycles. The first-order chi connectivity index (χ1) is 14.7. The van der Waals surface area contributed by atoms with Crippen LogP contribution in [0.15, 0.2) is 36.5 Å². The summed E-state index contributed by atoms with van der Waals surface area (Å²) in [4.78, 5) is 20.5. The SMILES string of the molecule is CCCn1ncc2c(C(=O)NCc3ccccc3N3CCCC3)cc(C3CC3)nc21. The molecule has 3 heterocycles. The molecule has 0 unspecified atom stereocenters. The number of amides is 1. The number of anilines is 1. The van der Waals surface area contributed by atoms with E-state index in [0.29, 0.717) is 18.0 Å². The standard InChI is InChI=1S/C24H29N5O/c1-2-11-29-23-20(16-26-29)19(14-21(27-23)17-9-10-17)24(30)25-15-18-7-3-4-8-22(18)28-12-5-6-13-28/h3-4,7-8,14,16-17H,2,5-6,9-13,15H2,1H3,(H,25,30). The van der Waals surface area contributed by atoms with Crippen LogP contribution in [0.4, 0.5) is 5.69 Å². The largest absolute Gasteiger partial charge is 0.371 e. The maximum Gasteiger partial charge on any atom is 0.252 e. The van der Waals surface area contributed by atoms with E-state index in [0.717, 1.165) is 55.6 Å². The molecule has 0 atom stereocenters. The third kappa shape index (κ3) is 3.66. The Morgan fingerprint density at radius 3 is 2.77 bits per heavy atom. The number of carbonyl (C=O) groups is 1. The van der Waals surface area contributed by atoms with Gasteiger partial charge in [-0.05, 0) is 49.8 Å². The van der Waals surface area contributed by atoms with Crippen LogP contribution in [0.25, 0.3) is 11.0 Å². The quantitative estimate of drug-likeness (QED) is 0.641. The fraction of sp³-hybridized carbons (Fsp3) is 0.458. The number of nitrogens with zero attached hydrogens (tertiary/aromatic N) is 4. The van der Waals surface area contributed by atoms with Crippen LogP contribution in [-0.2, 0) is 13.1 Å². The topological polar surface area (TPSA) is 63.1 Å². The van der Waals surface area contributed by atoms with Crippen molar-refractivity contribution in [3.63, 3.8) is 0 Å². The lowest BCUT2D eigenvalue weighted by Gasteiger charge is -2.21. The molecule has 2 fully saturated rings. The Hall–Kier alpha value is -2.89. The lowest BCUT2D eigenvalue weighted by Crippen LogP contribution is -2.26. The number of hydrogen-bond donors (Lipinski definition) is 1. The van der Waals surface area contributed by atoms with Crippen molar-refractivity contribution in [1.82, 2.24) is 20.1 Å². The molecule has 1 aliphatic heterocycles. The van der Waals surface area contributed by atoms with Gasteiger partial charge in [0.2, 0.25) is 0 Å². The van der Waals surface area contributed by atoms with Gasteiger partial charge in [0.05, 0.1) is 17.1 Å². The van der Waals surface area contributed by atoms with Crippen molar-refractivity contribution in [1.29, 1.82) is 0 Å². The Morgan fingerprint density at radius 2 is 2.00 bits per heavy atom. The van der Waals surface area contributed by atoms with Crippen LogP contribution in [0.5, 0.6) is 0 Å². The summed E-state index contributed by atoms with van der Waals surface area (Å²) in [7, 11) is 0. The van der Waals surface area contributed by atoms with E-state index in [4.69, 9.17) is 4.98 Å². The van der Waals surface area contributed by atoms with Crippen molar-refractivity contribution in [3.05, 3.63) is 53.3 Å². The lowest BCUT2D eigenvalue weighted by atomic mass is 10.1. The van der Waals surface area contributed by atoms with Crippen molar-refractivity contribution in [2.45, 2.75) is 58.0 Å². The van der Waals surface area contributed by atoms with E-state index in [1.807, 2.05) is 16.8 Å². The number of para-hydroxylation sites is 1. The third-order valence-corrected chi connectivity index (χ3v) is 6.18. The molecule has 2 aliphatic rings. The second kappa shape index (κ2) is 8.09. The second-order valence-electron chi connectivity index (χ2n) is 8.48. The number of aromatic nitrogens is 3. The normalized spacial score (nSPS) is 16.4. The Kier molecular flexibility index (Phi) is 5.15. The summed E-state index contributed by atoms with van der Waals surface area (Å²) in [6.07, 6.45) is 7.57. The summed E-state index contributed by atoms with van der Waals surface area (Å²) in [5.41, 5.74) is 4.97. The van der Waals surface area contributed by atoms with Gasteiger partial charge in [-0.15, -0.1) is 0 Å². The molecular formula is C24H29N5O. The summed E-state index contributed by atoms with van der Waals surface area (Å²) in [6.45, 7) is 5.66. The molecule has 0 spiro atoms. The summed E-state index contributed by atoms with van der Waals surface area (Å²) in [6, 6.07) is 10.4. The van der Waals surface area contributed by atoms with Gasteiger partial charge in [0, 0.05) is 43.5 Å². The van der Waals surface area contributed by atoms with Crippen molar-refractivity contribution < 1.29 is 4.79 Å². The Bertz CT molecular complexity index is 1060. The summed E-state index contributed by atoms with van der Waals surface area (Å²) >= 11 is 0. The van der Waals surface area contributed by atoms with Crippen molar-refractivity contribution in [3.8, 4) is 0 Å². The van der Waals surface area contributed by atoms with Crippen LogP contribution in [0.1, 0.15) is 66.6 Å². The minimum Gasteiger partial charge on any atom is -0.371 e. The smallest absolute Gasteiger partial charge is 0.252 e. The van der Waals surface area contributed by atoms with Gasteiger partial charge in [-0.3, -0.25) is 4.79 Å². The monoisotopic (exact) mass is 403 g/mol. The van der Waals surface area contributed by atoms with E-state index < -0.39 is 0 Å². The molecule has 1 amide bonds. The lowest BCUT2D eigenvalue weighted by molar-refractivity contribution is 0.0952. The highest BCUT2D eigenvalue weighted by atomic mass is 16.1. The zero-order valence-electron chi connectivity index (χ0n) is 17.6. The Balaban J connectivity index is 1.41. The predicted molar refractivity (Wildman–Crippen MR) is 119 cm³/mol. The minimum atomic E-state index is -0.0448. The zero-order valence-corrected chi connectivity index (χ0v) is 17.6. The molecule has 6 nitrogen and oxygen atoms in total. The van der Waals surface area contributed by atoms with Gasteiger partial charge >= 0.3 is 0 Å². The first kappa shape index (κ1) is 19.1. The van der Waals surface area contributed by atoms with E-state index in [2.05, 4.69) is 40.4 Å². The number of benzene rings is 1. The van der Waals surface area contributed by atoms with Gasteiger partial charge in [0.1, 0.15) is 0 Å².